The number of nitrogens with one attached hydrogen (secondary N) is 1. The Kier molecular flexibility index (Phi) is 5.90. The number of hydrogen-bond donors (Lipinski definition) is 1. The van der Waals surface area contributed by atoms with Crippen molar-refractivity contribution in [3.8, 4) is 5.88 Å². The lowest BCUT2D eigenvalue weighted by molar-refractivity contribution is 0.299. The van der Waals surface area contributed by atoms with Gasteiger partial charge in [-0.3, -0.25) is 0 Å². The Morgan fingerprint density at radius 3 is 3.06 bits per heavy atom. The van der Waals surface area contributed by atoms with E-state index in [0.717, 1.165) is 18.5 Å². The minimum Gasteiger partial charge on any atom is -0.478 e. The first-order valence-corrected chi connectivity index (χ1v) is 5.69. The number of aromatic nitrogens is 1. The number of hydrogen-bond acceptors (Lipinski definition) is 3. The van der Waals surface area contributed by atoms with Gasteiger partial charge in [0.25, 0.3) is 0 Å². The molecule has 0 aliphatic heterocycles. The first-order valence-electron chi connectivity index (χ1n) is 5.31. The van der Waals surface area contributed by atoms with Gasteiger partial charge in [-0.2, -0.15) is 0 Å². The van der Waals surface area contributed by atoms with E-state index in [4.69, 9.17) is 16.3 Å². The first-order chi connectivity index (χ1) is 7.77. The maximum Gasteiger partial charge on any atom is 0.213 e. The SMILES string of the molecule is C=CCCCOc1ccc(Cl)c(CNC)n1. The Morgan fingerprint density at radius 2 is 2.38 bits per heavy atom. The molecule has 0 amide bonds. The molecule has 0 aromatic carbocycles. The van der Waals surface area contributed by atoms with Gasteiger partial charge >= 0.3 is 0 Å². The molecule has 0 bridgehead atoms. The Labute approximate surface area is 101 Å². The van der Waals surface area contributed by atoms with Crippen LogP contribution >= 0.6 is 11.6 Å². The van der Waals surface area contributed by atoms with Crippen molar-refractivity contribution in [2.24, 2.45) is 0 Å². The lowest BCUT2D eigenvalue weighted by Crippen LogP contribution is -2.08. The fourth-order valence-corrected chi connectivity index (χ4v) is 1.41. The molecule has 0 aliphatic carbocycles. The molecule has 0 radical (unpaired) electrons. The van der Waals surface area contributed by atoms with E-state index in [-0.39, 0.29) is 0 Å². The summed E-state index contributed by atoms with van der Waals surface area (Å²) in [7, 11) is 1.86. The summed E-state index contributed by atoms with van der Waals surface area (Å²) in [5.74, 6) is 0.624. The molecule has 1 heterocycles. The summed E-state index contributed by atoms with van der Waals surface area (Å²) in [5.41, 5.74) is 0.811. The number of nitrogens with zero attached hydrogens (tertiary/aromatic N) is 1. The van der Waals surface area contributed by atoms with Gasteiger partial charge in [0.15, 0.2) is 0 Å². The second-order valence-electron chi connectivity index (χ2n) is 3.39. The molecule has 16 heavy (non-hydrogen) atoms. The second-order valence-corrected chi connectivity index (χ2v) is 3.79. The van der Waals surface area contributed by atoms with Gasteiger partial charge in [-0.15, -0.1) is 6.58 Å². The van der Waals surface area contributed by atoms with E-state index in [0.29, 0.717) is 24.1 Å². The number of pyridine rings is 1. The van der Waals surface area contributed by atoms with E-state index >= 15 is 0 Å². The molecule has 0 saturated heterocycles. The zero-order valence-corrected chi connectivity index (χ0v) is 10.3. The Balaban J connectivity index is 2.53. The van der Waals surface area contributed by atoms with Gasteiger partial charge in [0.1, 0.15) is 0 Å². The van der Waals surface area contributed by atoms with Crippen molar-refractivity contribution in [2.45, 2.75) is 19.4 Å². The lowest BCUT2D eigenvalue weighted by Gasteiger charge is -2.07. The van der Waals surface area contributed by atoms with Gasteiger partial charge in [-0.25, -0.2) is 4.98 Å². The van der Waals surface area contributed by atoms with Crippen LogP contribution in [0.2, 0.25) is 5.02 Å². The summed E-state index contributed by atoms with van der Waals surface area (Å²) in [6.45, 7) is 4.95. The maximum absolute atomic E-state index is 5.99. The number of rotatable bonds is 7. The molecule has 3 nitrogen and oxygen atoms in total. The van der Waals surface area contributed by atoms with Crippen LogP contribution in [-0.4, -0.2) is 18.6 Å². The molecule has 4 heteroatoms. The highest BCUT2D eigenvalue weighted by Crippen LogP contribution is 2.18. The van der Waals surface area contributed by atoms with Crippen LogP contribution in [0, 0.1) is 0 Å². The topological polar surface area (TPSA) is 34.1 Å². The summed E-state index contributed by atoms with van der Waals surface area (Å²) in [4.78, 5) is 4.32. The van der Waals surface area contributed by atoms with E-state index in [9.17, 15) is 0 Å². The number of unbranched alkanes of at least 4 members (excludes halogenated alkanes) is 1. The van der Waals surface area contributed by atoms with Gasteiger partial charge < -0.3 is 10.1 Å². The average Bonchev–Trinajstić information content (AvgIpc) is 2.29. The molecule has 1 aromatic heterocycles. The standard InChI is InChI=1S/C12H17ClN2O/c1-3-4-5-8-16-12-7-6-10(13)11(15-12)9-14-2/h3,6-7,14H,1,4-5,8-9H2,2H3. The number of halogens is 1. The molecule has 0 saturated carbocycles. The molecule has 0 aliphatic rings. The van der Waals surface area contributed by atoms with E-state index in [1.165, 1.54) is 0 Å². The summed E-state index contributed by atoms with van der Waals surface area (Å²) in [5, 5.41) is 3.67. The van der Waals surface area contributed by atoms with E-state index < -0.39 is 0 Å². The Morgan fingerprint density at radius 1 is 1.56 bits per heavy atom. The minimum absolute atomic E-state index is 0.624. The van der Waals surface area contributed by atoms with Crippen molar-refractivity contribution in [3.05, 3.63) is 35.5 Å². The molecule has 1 N–H and O–H groups in total. The molecular formula is C12H17ClN2O. The second kappa shape index (κ2) is 7.25. The van der Waals surface area contributed by atoms with Gasteiger partial charge in [0.05, 0.1) is 17.3 Å². The van der Waals surface area contributed by atoms with Gasteiger partial charge in [-0.05, 0) is 26.0 Å². The Hall–Kier alpha value is -1.06. The molecule has 0 spiro atoms. The third-order valence-electron chi connectivity index (χ3n) is 2.04. The molecule has 1 rings (SSSR count). The third kappa shape index (κ3) is 4.21. The predicted octanol–water partition coefficient (Wildman–Crippen LogP) is 2.80. The number of ether oxygens (including phenoxy) is 1. The summed E-state index contributed by atoms with van der Waals surface area (Å²) < 4.78 is 5.50. The van der Waals surface area contributed by atoms with Crippen molar-refractivity contribution in [3.63, 3.8) is 0 Å². The van der Waals surface area contributed by atoms with Crippen molar-refractivity contribution in [1.82, 2.24) is 10.3 Å². The molecular weight excluding hydrogens is 224 g/mol. The van der Waals surface area contributed by atoms with Crippen LogP contribution in [0.1, 0.15) is 18.5 Å². The molecule has 88 valence electrons. The van der Waals surface area contributed by atoms with Crippen LogP contribution in [0.15, 0.2) is 24.8 Å². The van der Waals surface area contributed by atoms with E-state index in [1.54, 1.807) is 6.07 Å². The van der Waals surface area contributed by atoms with Crippen LogP contribution < -0.4 is 10.1 Å². The minimum atomic E-state index is 0.624. The largest absolute Gasteiger partial charge is 0.478 e. The summed E-state index contributed by atoms with van der Waals surface area (Å²) in [6, 6.07) is 3.60. The van der Waals surface area contributed by atoms with Crippen molar-refractivity contribution >= 4 is 11.6 Å². The lowest BCUT2D eigenvalue weighted by atomic mass is 10.3. The van der Waals surface area contributed by atoms with Crippen LogP contribution in [0.5, 0.6) is 5.88 Å². The van der Waals surface area contributed by atoms with E-state index in [1.807, 2.05) is 19.2 Å². The quantitative estimate of drug-likeness (QED) is 0.588. The highest BCUT2D eigenvalue weighted by atomic mass is 35.5. The maximum atomic E-state index is 5.99. The van der Waals surface area contributed by atoms with Crippen LogP contribution in [0.4, 0.5) is 0 Å². The molecule has 0 atom stereocenters. The van der Waals surface area contributed by atoms with Gasteiger partial charge in [-0.1, -0.05) is 17.7 Å². The zero-order chi connectivity index (χ0) is 11.8. The van der Waals surface area contributed by atoms with Crippen molar-refractivity contribution in [1.29, 1.82) is 0 Å². The fraction of sp³-hybridized carbons (Fsp3) is 0.417. The zero-order valence-electron chi connectivity index (χ0n) is 9.50. The molecule has 1 aromatic rings. The summed E-state index contributed by atoms with van der Waals surface area (Å²) in [6.07, 6.45) is 3.79. The molecule has 0 unspecified atom stereocenters. The number of allylic oxidation sites excluding steroid dienone is 1. The summed E-state index contributed by atoms with van der Waals surface area (Å²) >= 11 is 5.99. The smallest absolute Gasteiger partial charge is 0.213 e. The van der Waals surface area contributed by atoms with Crippen molar-refractivity contribution in [2.75, 3.05) is 13.7 Å². The van der Waals surface area contributed by atoms with Gasteiger partial charge in [0.2, 0.25) is 5.88 Å². The third-order valence-corrected chi connectivity index (χ3v) is 2.38. The fourth-order valence-electron chi connectivity index (χ4n) is 1.24. The highest BCUT2D eigenvalue weighted by molar-refractivity contribution is 6.31. The van der Waals surface area contributed by atoms with Crippen LogP contribution in [-0.2, 0) is 6.54 Å². The van der Waals surface area contributed by atoms with Crippen molar-refractivity contribution < 1.29 is 4.74 Å². The first kappa shape index (κ1) is 13.0. The van der Waals surface area contributed by atoms with E-state index in [2.05, 4.69) is 16.9 Å². The average molecular weight is 241 g/mol. The molecule has 0 fully saturated rings. The van der Waals surface area contributed by atoms with Gasteiger partial charge in [0, 0.05) is 12.6 Å². The van der Waals surface area contributed by atoms with Crippen LogP contribution in [0.3, 0.4) is 0 Å². The normalized spacial score (nSPS) is 10.1. The van der Waals surface area contributed by atoms with Crippen LogP contribution in [0.25, 0.3) is 0 Å². The highest BCUT2D eigenvalue weighted by Gasteiger charge is 2.03. The Bertz CT molecular complexity index is 342. The predicted molar refractivity (Wildman–Crippen MR) is 66.9 cm³/mol. The monoisotopic (exact) mass is 240 g/mol.